The maximum atomic E-state index is 11.5. The third kappa shape index (κ3) is 1.51. The van der Waals surface area contributed by atoms with Crippen LogP contribution in [0.4, 0.5) is 0 Å². The number of carbonyl (C=O) groups excluding carboxylic acids is 1. The van der Waals surface area contributed by atoms with Crippen LogP contribution in [0, 0.1) is 5.92 Å². The van der Waals surface area contributed by atoms with Crippen LogP contribution in [0.15, 0.2) is 30.3 Å². The van der Waals surface area contributed by atoms with Gasteiger partial charge in [-0.15, -0.1) is 0 Å². The first kappa shape index (κ1) is 9.21. The smallest absolute Gasteiger partial charge is 0.227 e. The number of benzene rings is 1. The van der Waals surface area contributed by atoms with Gasteiger partial charge in [0.2, 0.25) is 5.91 Å². The summed E-state index contributed by atoms with van der Waals surface area (Å²) in [4.78, 5) is 11.5. The minimum atomic E-state index is -0.179. The summed E-state index contributed by atoms with van der Waals surface area (Å²) in [5, 5.41) is 11.9. The molecule has 1 fully saturated rings. The van der Waals surface area contributed by atoms with Gasteiger partial charge in [-0.05, 0) is 5.56 Å². The zero-order chi connectivity index (χ0) is 9.97. The van der Waals surface area contributed by atoms with Crippen molar-refractivity contribution in [2.75, 3.05) is 13.2 Å². The molecule has 0 saturated carbocycles. The summed E-state index contributed by atoms with van der Waals surface area (Å²) in [5.74, 6) is -0.138. The van der Waals surface area contributed by atoms with Crippen LogP contribution in [0.2, 0.25) is 0 Å². The SMILES string of the molecule is O=C1NC[C@@H](CO)[C@@H]1c1ccccc1. The van der Waals surface area contributed by atoms with Crippen molar-refractivity contribution in [1.82, 2.24) is 5.32 Å². The number of nitrogens with one attached hydrogen (secondary N) is 1. The Labute approximate surface area is 82.8 Å². The average molecular weight is 191 g/mol. The Kier molecular flexibility index (Phi) is 2.50. The van der Waals surface area contributed by atoms with Crippen LogP contribution in [0.25, 0.3) is 0 Å². The third-order valence-corrected chi connectivity index (χ3v) is 2.69. The molecule has 0 radical (unpaired) electrons. The highest BCUT2D eigenvalue weighted by Crippen LogP contribution is 2.28. The van der Waals surface area contributed by atoms with Crippen molar-refractivity contribution in [3.05, 3.63) is 35.9 Å². The molecule has 0 spiro atoms. The quantitative estimate of drug-likeness (QED) is 0.715. The first-order valence-corrected chi connectivity index (χ1v) is 4.76. The van der Waals surface area contributed by atoms with E-state index in [1.165, 1.54) is 0 Å². The highest BCUT2D eigenvalue weighted by atomic mass is 16.3. The molecule has 1 saturated heterocycles. The lowest BCUT2D eigenvalue weighted by Gasteiger charge is -2.13. The van der Waals surface area contributed by atoms with E-state index in [9.17, 15) is 4.79 Å². The normalized spacial score (nSPS) is 26.2. The summed E-state index contributed by atoms with van der Waals surface area (Å²) in [6.07, 6.45) is 0. The Morgan fingerprint density at radius 3 is 2.71 bits per heavy atom. The molecule has 0 aliphatic carbocycles. The van der Waals surface area contributed by atoms with Crippen molar-refractivity contribution in [2.24, 2.45) is 5.92 Å². The molecule has 1 aliphatic heterocycles. The van der Waals surface area contributed by atoms with Crippen molar-refractivity contribution in [1.29, 1.82) is 0 Å². The van der Waals surface area contributed by atoms with Gasteiger partial charge >= 0.3 is 0 Å². The molecule has 3 heteroatoms. The van der Waals surface area contributed by atoms with E-state index in [-0.39, 0.29) is 24.3 Å². The lowest BCUT2D eigenvalue weighted by molar-refractivity contribution is -0.120. The number of hydrogen-bond acceptors (Lipinski definition) is 2. The van der Waals surface area contributed by atoms with Crippen molar-refractivity contribution >= 4 is 5.91 Å². The number of hydrogen-bond donors (Lipinski definition) is 2. The highest BCUT2D eigenvalue weighted by Gasteiger charge is 2.34. The Hall–Kier alpha value is -1.35. The van der Waals surface area contributed by atoms with Crippen molar-refractivity contribution in [3.8, 4) is 0 Å². The third-order valence-electron chi connectivity index (χ3n) is 2.69. The minimum absolute atomic E-state index is 0.0184. The molecule has 14 heavy (non-hydrogen) atoms. The lowest BCUT2D eigenvalue weighted by Crippen LogP contribution is -2.18. The fraction of sp³-hybridized carbons (Fsp3) is 0.364. The Balaban J connectivity index is 2.28. The highest BCUT2D eigenvalue weighted by molar-refractivity contribution is 5.86. The standard InChI is InChI=1S/C11H13NO2/c13-7-9-6-12-11(14)10(9)8-4-2-1-3-5-8/h1-5,9-10,13H,6-7H2,(H,12,14)/t9-,10-/m0/s1. The Bertz CT molecular complexity index is 323. The summed E-state index contributed by atoms with van der Waals surface area (Å²) in [7, 11) is 0. The van der Waals surface area contributed by atoms with Crippen LogP contribution < -0.4 is 5.32 Å². The molecule has 1 aromatic carbocycles. The van der Waals surface area contributed by atoms with Crippen molar-refractivity contribution in [2.45, 2.75) is 5.92 Å². The van der Waals surface area contributed by atoms with Gasteiger partial charge in [0.15, 0.2) is 0 Å². The fourth-order valence-electron chi connectivity index (χ4n) is 1.93. The fourth-order valence-corrected chi connectivity index (χ4v) is 1.93. The zero-order valence-corrected chi connectivity index (χ0v) is 7.81. The molecule has 1 aromatic rings. The molecular weight excluding hydrogens is 178 g/mol. The first-order chi connectivity index (χ1) is 6.83. The largest absolute Gasteiger partial charge is 0.396 e. The summed E-state index contributed by atoms with van der Waals surface area (Å²) in [6.45, 7) is 0.632. The number of rotatable bonds is 2. The molecular formula is C11H13NO2. The molecule has 3 nitrogen and oxygen atoms in total. The van der Waals surface area contributed by atoms with Crippen LogP contribution in [-0.2, 0) is 4.79 Å². The number of aliphatic hydroxyl groups excluding tert-OH is 1. The summed E-state index contributed by atoms with van der Waals surface area (Å²) >= 11 is 0. The molecule has 0 unspecified atom stereocenters. The second-order valence-electron chi connectivity index (χ2n) is 3.58. The molecule has 2 N–H and O–H groups in total. The molecule has 0 aromatic heterocycles. The molecule has 74 valence electrons. The second-order valence-corrected chi connectivity index (χ2v) is 3.58. The van der Waals surface area contributed by atoms with Gasteiger partial charge in [0.1, 0.15) is 0 Å². The predicted molar refractivity (Wildman–Crippen MR) is 52.8 cm³/mol. The zero-order valence-electron chi connectivity index (χ0n) is 7.81. The Morgan fingerprint density at radius 2 is 2.07 bits per heavy atom. The summed E-state index contributed by atoms with van der Waals surface area (Å²) < 4.78 is 0. The summed E-state index contributed by atoms with van der Waals surface area (Å²) in [5.41, 5.74) is 0.988. The van der Waals surface area contributed by atoms with Crippen LogP contribution in [0.5, 0.6) is 0 Å². The van der Waals surface area contributed by atoms with Gasteiger partial charge in [-0.25, -0.2) is 0 Å². The van der Waals surface area contributed by atoms with E-state index in [0.717, 1.165) is 5.56 Å². The Morgan fingerprint density at radius 1 is 1.36 bits per heavy atom. The van der Waals surface area contributed by atoms with Gasteiger partial charge in [0.25, 0.3) is 0 Å². The van der Waals surface area contributed by atoms with Gasteiger partial charge in [0, 0.05) is 19.1 Å². The van der Waals surface area contributed by atoms with Gasteiger partial charge in [-0.2, -0.15) is 0 Å². The van der Waals surface area contributed by atoms with Crippen LogP contribution >= 0.6 is 0 Å². The topological polar surface area (TPSA) is 49.3 Å². The molecule has 2 atom stereocenters. The first-order valence-electron chi connectivity index (χ1n) is 4.76. The van der Waals surface area contributed by atoms with E-state index >= 15 is 0 Å². The van der Waals surface area contributed by atoms with Crippen LogP contribution in [0.1, 0.15) is 11.5 Å². The molecule has 1 heterocycles. The number of amides is 1. The average Bonchev–Trinajstić information content (AvgIpc) is 2.61. The van der Waals surface area contributed by atoms with Crippen molar-refractivity contribution < 1.29 is 9.90 Å². The summed E-state index contributed by atoms with van der Waals surface area (Å²) in [6, 6.07) is 9.60. The van der Waals surface area contributed by atoms with E-state index in [2.05, 4.69) is 5.32 Å². The van der Waals surface area contributed by atoms with E-state index in [1.54, 1.807) is 0 Å². The van der Waals surface area contributed by atoms with E-state index in [1.807, 2.05) is 30.3 Å². The molecule has 0 bridgehead atoms. The van der Waals surface area contributed by atoms with Crippen molar-refractivity contribution in [3.63, 3.8) is 0 Å². The van der Waals surface area contributed by atoms with Gasteiger partial charge in [-0.3, -0.25) is 4.79 Å². The van der Waals surface area contributed by atoms with Gasteiger partial charge in [0.05, 0.1) is 5.92 Å². The maximum absolute atomic E-state index is 11.5. The van der Waals surface area contributed by atoms with E-state index < -0.39 is 0 Å². The molecule has 1 aliphatic rings. The monoisotopic (exact) mass is 191 g/mol. The lowest BCUT2D eigenvalue weighted by atomic mass is 9.89. The van der Waals surface area contributed by atoms with E-state index in [0.29, 0.717) is 6.54 Å². The van der Waals surface area contributed by atoms with Gasteiger partial charge in [-0.1, -0.05) is 30.3 Å². The molecule has 2 rings (SSSR count). The molecule has 1 amide bonds. The van der Waals surface area contributed by atoms with Crippen LogP contribution in [0.3, 0.4) is 0 Å². The maximum Gasteiger partial charge on any atom is 0.227 e. The van der Waals surface area contributed by atoms with E-state index in [4.69, 9.17) is 5.11 Å². The van der Waals surface area contributed by atoms with Crippen LogP contribution in [-0.4, -0.2) is 24.2 Å². The number of aliphatic hydroxyl groups is 1. The second kappa shape index (κ2) is 3.80. The minimum Gasteiger partial charge on any atom is -0.396 e. The van der Waals surface area contributed by atoms with Gasteiger partial charge < -0.3 is 10.4 Å². The predicted octanol–water partition coefficient (Wildman–Crippen LogP) is 0.508. The number of carbonyl (C=O) groups is 1.